The lowest BCUT2D eigenvalue weighted by molar-refractivity contribution is 0.342. The first kappa shape index (κ1) is 13.3. The van der Waals surface area contributed by atoms with Crippen LogP contribution in [0.2, 0.25) is 0 Å². The Labute approximate surface area is 113 Å². The van der Waals surface area contributed by atoms with Gasteiger partial charge in [0.2, 0.25) is 0 Å². The van der Waals surface area contributed by atoms with Crippen molar-refractivity contribution in [3.8, 4) is 5.75 Å². The topological polar surface area (TPSA) is 56.3 Å². The summed E-state index contributed by atoms with van der Waals surface area (Å²) in [6.07, 6.45) is 3.86. The zero-order chi connectivity index (χ0) is 13.8. The molecule has 0 bridgehead atoms. The van der Waals surface area contributed by atoms with Gasteiger partial charge in [0.05, 0.1) is 24.2 Å². The summed E-state index contributed by atoms with van der Waals surface area (Å²) in [7, 11) is 3.92. The van der Waals surface area contributed by atoms with Crippen LogP contribution >= 0.6 is 0 Å². The summed E-state index contributed by atoms with van der Waals surface area (Å²) in [4.78, 5) is 2.09. The predicted molar refractivity (Wildman–Crippen MR) is 77.3 cm³/mol. The molecule has 1 heterocycles. The standard InChI is InChI=1S/C14H20N4O/c1-4-19-13-7-5-6-12(14(13)15)17(2)9-11-8-16-18(3)10-11/h5-8,10H,4,9,15H2,1-3H3. The molecule has 0 aliphatic carbocycles. The summed E-state index contributed by atoms with van der Waals surface area (Å²) in [5.74, 6) is 0.734. The second-order valence-electron chi connectivity index (χ2n) is 4.50. The van der Waals surface area contributed by atoms with Crippen LogP contribution in [0.4, 0.5) is 11.4 Å². The molecule has 102 valence electrons. The van der Waals surface area contributed by atoms with Crippen molar-refractivity contribution >= 4 is 11.4 Å². The summed E-state index contributed by atoms with van der Waals surface area (Å²) in [5, 5.41) is 4.17. The number of rotatable bonds is 5. The average molecular weight is 260 g/mol. The molecule has 0 fully saturated rings. The first-order valence-corrected chi connectivity index (χ1v) is 6.31. The molecule has 2 N–H and O–H groups in total. The van der Waals surface area contributed by atoms with E-state index in [0.29, 0.717) is 12.3 Å². The van der Waals surface area contributed by atoms with Gasteiger partial charge in [0.25, 0.3) is 0 Å². The molecule has 0 unspecified atom stereocenters. The van der Waals surface area contributed by atoms with Crippen molar-refractivity contribution in [2.75, 3.05) is 24.3 Å². The predicted octanol–water partition coefficient (Wildman–Crippen LogP) is 2.04. The summed E-state index contributed by atoms with van der Waals surface area (Å²) < 4.78 is 7.31. The SMILES string of the molecule is CCOc1cccc(N(C)Cc2cnn(C)c2)c1N. The molecule has 0 saturated carbocycles. The van der Waals surface area contributed by atoms with Crippen molar-refractivity contribution in [1.29, 1.82) is 0 Å². The van der Waals surface area contributed by atoms with E-state index in [9.17, 15) is 0 Å². The summed E-state index contributed by atoms with van der Waals surface area (Å²) in [6, 6.07) is 5.84. The van der Waals surface area contributed by atoms with E-state index in [-0.39, 0.29) is 0 Å². The quantitative estimate of drug-likeness (QED) is 0.836. The van der Waals surface area contributed by atoms with Crippen LogP contribution < -0.4 is 15.4 Å². The maximum atomic E-state index is 6.14. The van der Waals surface area contributed by atoms with Crippen LogP contribution in [-0.4, -0.2) is 23.4 Å². The van der Waals surface area contributed by atoms with Gasteiger partial charge in [0, 0.05) is 32.4 Å². The maximum absolute atomic E-state index is 6.14. The molecular formula is C14H20N4O. The van der Waals surface area contributed by atoms with Crippen LogP contribution in [0.25, 0.3) is 0 Å². The molecule has 2 aromatic rings. The second-order valence-corrected chi connectivity index (χ2v) is 4.50. The van der Waals surface area contributed by atoms with E-state index in [4.69, 9.17) is 10.5 Å². The Balaban J connectivity index is 2.18. The number of nitrogens with zero attached hydrogens (tertiary/aromatic N) is 3. The lowest BCUT2D eigenvalue weighted by Crippen LogP contribution is -2.17. The van der Waals surface area contributed by atoms with Gasteiger partial charge in [-0.2, -0.15) is 5.10 Å². The highest BCUT2D eigenvalue weighted by Gasteiger charge is 2.10. The van der Waals surface area contributed by atoms with E-state index in [1.807, 2.05) is 51.6 Å². The number of hydrogen-bond acceptors (Lipinski definition) is 4. The minimum atomic E-state index is 0.611. The van der Waals surface area contributed by atoms with E-state index in [1.165, 1.54) is 0 Å². The van der Waals surface area contributed by atoms with Crippen LogP contribution in [0.15, 0.2) is 30.6 Å². The lowest BCUT2D eigenvalue weighted by atomic mass is 10.2. The van der Waals surface area contributed by atoms with Gasteiger partial charge in [-0.15, -0.1) is 0 Å². The number of ether oxygens (including phenoxy) is 1. The number of nitrogens with two attached hydrogens (primary N) is 1. The van der Waals surface area contributed by atoms with Gasteiger partial charge in [0.15, 0.2) is 0 Å². The molecule has 5 heteroatoms. The molecule has 0 atom stereocenters. The smallest absolute Gasteiger partial charge is 0.144 e. The van der Waals surface area contributed by atoms with Gasteiger partial charge >= 0.3 is 0 Å². The molecular weight excluding hydrogens is 240 g/mol. The third-order valence-electron chi connectivity index (χ3n) is 2.93. The van der Waals surface area contributed by atoms with E-state index < -0.39 is 0 Å². The molecule has 19 heavy (non-hydrogen) atoms. The van der Waals surface area contributed by atoms with Crippen LogP contribution in [0.1, 0.15) is 12.5 Å². The monoisotopic (exact) mass is 260 g/mol. The van der Waals surface area contributed by atoms with Gasteiger partial charge < -0.3 is 15.4 Å². The van der Waals surface area contributed by atoms with Crippen LogP contribution in [0.5, 0.6) is 5.75 Å². The normalized spacial score (nSPS) is 10.5. The Bertz CT molecular complexity index is 550. The minimum Gasteiger partial charge on any atom is -0.492 e. The molecule has 0 radical (unpaired) electrons. The van der Waals surface area contributed by atoms with Gasteiger partial charge in [-0.3, -0.25) is 4.68 Å². The third kappa shape index (κ3) is 2.99. The first-order valence-electron chi connectivity index (χ1n) is 6.31. The highest BCUT2D eigenvalue weighted by Crippen LogP contribution is 2.32. The Morgan fingerprint density at radius 3 is 2.84 bits per heavy atom. The summed E-state index contributed by atoms with van der Waals surface area (Å²) in [6.45, 7) is 3.32. The Kier molecular flexibility index (Phi) is 3.94. The van der Waals surface area contributed by atoms with E-state index >= 15 is 0 Å². The number of para-hydroxylation sites is 1. The Hall–Kier alpha value is -2.17. The van der Waals surface area contributed by atoms with Crippen molar-refractivity contribution in [1.82, 2.24) is 9.78 Å². The largest absolute Gasteiger partial charge is 0.492 e. The molecule has 0 amide bonds. The van der Waals surface area contributed by atoms with Crippen LogP contribution in [0, 0.1) is 0 Å². The third-order valence-corrected chi connectivity index (χ3v) is 2.93. The molecule has 0 aliphatic rings. The zero-order valence-corrected chi connectivity index (χ0v) is 11.6. The molecule has 0 spiro atoms. The molecule has 1 aromatic heterocycles. The van der Waals surface area contributed by atoms with Crippen LogP contribution in [-0.2, 0) is 13.6 Å². The molecule has 1 aromatic carbocycles. The summed E-state index contributed by atoms with van der Waals surface area (Å²) >= 11 is 0. The van der Waals surface area contributed by atoms with E-state index in [2.05, 4.69) is 10.00 Å². The number of hydrogen-bond donors (Lipinski definition) is 1. The fourth-order valence-electron chi connectivity index (χ4n) is 2.06. The lowest BCUT2D eigenvalue weighted by Gasteiger charge is -2.21. The Morgan fingerprint density at radius 1 is 1.42 bits per heavy atom. The fraction of sp³-hybridized carbons (Fsp3) is 0.357. The van der Waals surface area contributed by atoms with Crippen LogP contribution in [0.3, 0.4) is 0 Å². The van der Waals surface area contributed by atoms with Gasteiger partial charge in [-0.25, -0.2) is 0 Å². The second kappa shape index (κ2) is 5.65. The van der Waals surface area contributed by atoms with Crippen molar-refractivity contribution < 1.29 is 4.74 Å². The maximum Gasteiger partial charge on any atom is 0.144 e. The number of anilines is 2. The van der Waals surface area contributed by atoms with Crippen molar-refractivity contribution in [2.45, 2.75) is 13.5 Å². The van der Waals surface area contributed by atoms with Gasteiger partial charge in [-0.05, 0) is 19.1 Å². The van der Waals surface area contributed by atoms with Crippen molar-refractivity contribution in [3.63, 3.8) is 0 Å². The highest BCUT2D eigenvalue weighted by atomic mass is 16.5. The molecule has 5 nitrogen and oxygen atoms in total. The molecule has 0 saturated heterocycles. The number of benzene rings is 1. The minimum absolute atomic E-state index is 0.611. The summed E-state index contributed by atoms with van der Waals surface area (Å²) in [5.41, 5.74) is 8.93. The number of nitrogen functional groups attached to an aromatic ring is 1. The fourth-order valence-corrected chi connectivity index (χ4v) is 2.06. The van der Waals surface area contributed by atoms with E-state index in [1.54, 1.807) is 4.68 Å². The number of aromatic nitrogens is 2. The van der Waals surface area contributed by atoms with Crippen molar-refractivity contribution in [3.05, 3.63) is 36.2 Å². The highest BCUT2D eigenvalue weighted by molar-refractivity contribution is 5.73. The average Bonchev–Trinajstić information content (AvgIpc) is 2.77. The van der Waals surface area contributed by atoms with Gasteiger partial charge in [0.1, 0.15) is 5.75 Å². The van der Waals surface area contributed by atoms with Crippen molar-refractivity contribution in [2.24, 2.45) is 7.05 Å². The molecule has 2 rings (SSSR count). The number of aryl methyl sites for hydroxylation is 1. The van der Waals surface area contributed by atoms with Gasteiger partial charge in [-0.1, -0.05) is 6.07 Å². The zero-order valence-electron chi connectivity index (χ0n) is 11.6. The molecule has 0 aliphatic heterocycles. The Morgan fingerprint density at radius 2 is 2.21 bits per heavy atom. The first-order chi connectivity index (χ1) is 9.11. The van der Waals surface area contributed by atoms with E-state index in [0.717, 1.165) is 23.5 Å².